The van der Waals surface area contributed by atoms with Crippen molar-refractivity contribution in [1.82, 2.24) is 5.32 Å². The predicted molar refractivity (Wildman–Crippen MR) is 85.9 cm³/mol. The van der Waals surface area contributed by atoms with E-state index in [-0.39, 0.29) is 12.5 Å². The van der Waals surface area contributed by atoms with E-state index in [0.29, 0.717) is 11.5 Å². The second-order valence-electron chi connectivity index (χ2n) is 3.95. The smallest absolute Gasteiger partial charge is 0.239 e. The average Bonchev–Trinajstić information content (AvgIpc) is 2.41. The average molecular weight is 297 g/mol. The van der Waals surface area contributed by atoms with Crippen molar-refractivity contribution >= 4 is 40.6 Å². The number of amides is 1. The van der Waals surface area contributed by atoms with Crippen molar-refractivity contribution in [2.45, 2.75) is 18.2 Å². The summed E-state index contributed by atoms with van der Waals surface area (Å²) in [4.78, 5) is 12.9. The third kappa shape index (κ3) is 4.72. The van der Waals surface area contributed by atoms with Crippen LogP contribution in [0.4, 0.5) is 5.69 Å². The molecule has 19 heavy (non-hydrogen) atoms. The van der Waals surface area contributed by atoms with Crippen LogP contribution in [0.3, 0.4) is 0 Å². The van der Waals surface area contributed by atoms with Crippen LogP contribution in [0.25, 0.3) is 0 Å². The standard InChI is InChI=1S/C13H19N3OS2/c1-3-7-15-11(17)8-16-9-5-4-6-10(19-2)12(9)13(14)18/h4-6,16H,3,7-8H2,1-2H3,(H2,14,18)(H,15,17). The summed E-state index contributed by atoms with van der Waals surface area (Å²) in [6.45, 7) is 2.92. The van der Waals surface area contributed by atoms with Crippen LogP contribution < -0.4 is 16.4 Å². The van der Waals surface area contributed by atoms with E-state index in [2.05, 4.69) is 10.6 Å². The van der Waals surface area contributed by atoms with Gasteiger partial charge in [-0.15, -0.1) is 11.8 Å². The van der Waals surface area contributed by atoms with Gasteiger partial charge < -0.3 is 16.4 Å². The Bertz CT molecular complexity index is 463. The molecule has 1 aromatic rings. The van der Waals surface area contributed by atoms with Crippen molar-refractivity contribution in [2.75, 3.05) is 24.7 Å². The fraction of sp³-hybridized carbons (Fsp3) is 0.385. The van der Waals surface area contributed by atoms with E-state index in [9.17, 15) is 4.79 Å². The third-order valence-electron chi connectivity index (χ3n) is 2.50. The molecule has 0 aliphatic carbocycles. The molecule has 0 radical (unpaired) electrons. The van der Waals surface area contributed by atoms with Crippen LogP contribution in [-0.2, 0) is 4.79 Å². The second kappa shape index (κ2) is 8.01. The van der Waals surface area contributed by atoms with Gasteiger partial charge >= 0.3 is 0 Å². The molecule has 0 aromatic heterocycles. The molecule has 0 saturated heterocycles. The highest BCUT2D eigenvalue weighted by Crippen LogP contribution is 2.26. The molecule has 1 aromatic carbocycles. The monoisotopic (exact) mass is 297 g/mol. The first-order valence-electron chi connectivity index (χ1n) is 6.07. The quantitative estimate of drug-likeness (QED) is 0.530. The zero-order valence-corrected chi connectivity index (χ0v) is 12.8. The number of nitrogens with two attached hydrogens (primary N) is 1. The number of anilines is 1. The number of hydrogen-bond donors (Lipinski definition) is 3. The van der Waals surface area contributed by atoms with Crippen molar-refractivity contribution in [2.24, 2.45) is 5.73 Å². The predicted octanol–water partition coefficient (Wildman–Crippen LogP) is 1.98. The second-order valence-corrected chi connectivity index (χ2v) is 5.24. The Morgan fingerprint density at radius 3 is 2.79 bits per heavy atom. The number of rotatable bonds is 7. The van der Waals surface area contributed by atoms with Gasteiger partial charge in [-0.2, -0.15) is 0 Å². The molecule has 4 N–H and O–H groups in total. The Kier molecular flexibility index (Phi) is 6.66. The summed E-state index contributed by atoms with van der Waals surface area (Å²) in [5.41, 5.74) is 7.35. The van der Waals surface area contributed by atoms with Crippen molar-refractivity contribution in [1.29, 1.82) is 0 Å². The zero-order chi connectivity index (χ0) is 14.3. The topological polar surface area (TPSA) is 67.2 Å². The molecule has 0 aliphatic heterocycles. The van der Waals surface area contributed by atoms with E-state index in [4.69, 9.17) is 18.0 Å². The summed E-state index contributed by atoms with van der Waals surface area (Å²) in [5.74, 6) is -0.0368. The molecule has 1 rings (SSSR count). The number of hydrogen-bond acceptors (Lipinski definition) is 4. The van der Waals surface area contributed by atoms with Crippen LogP contribution in [0.1, 0.15) is 18.9 Å². The lowest BCUT2D eigenvalue weighted by atomic mass is 10.1. The maximum atomic E-state index is 11.6. The van der Waals surface area contributed by atoms with Gasteiger partial charge in [-0.1, -0.05) is 25.2 Å². The maximum Gasteiger partial charge on any atom is 0.239 e. The fourth-order valence-corrected chi connectivity index (χ4v) is 2.53. The summed E-state index contributed by atoms with van der Waals surface area (Å²) in [5, 5.41) is 5.89. The van der Waals surface area contributed by atoms with Gasteiger partial charge in [0.05, 0.1) is 6.54 Å². The number of nitrogens with one attached hydrogen (secondary N) is 2. The van der Waals surface area contributed by atoms with Crippen LogP contribution >= 0.6 is 24.0 Å². The molecule has 0 fully saturated rings. The first-order chi connectivity index (χ1) is 9.10. The van der Waals surface area contributed by atoms with Gasteiger partial charge in [0.1, 0.15) is 4.99 Å². The first kappa shape index (κ1) is 15.8. The molecule has 0 unspecified atom stereocenters. The van der Waals surface area contributed by atoms with Crippen molar-refractivity contribution in [3.05, 3.63) is 23.8 Å². The summed E-state index contributed by atoms with van der Waals surface area (Å²) in [7, 11) is 0. The molecular formula is C13H19N3OS2. The minimum atomic E-state index is -0.0368. The summed E-state index contributed by atoms with van der Waals surface area (Å²) < 4.78 is 0. The van der Waals surface area contributed by atoms with Crippen LogP contribution in [0.15, 0.2) is 23.1 Å². The van der Waals surface area contributed by atoms with Gasteiger partial charge in [-0.05, 0) is 24.8 Å². The largest absolute Gasteiger partial charge is 0.389 e. The Morgan fingerprint density at radius 2 is 2.21 bits per heavy atom. The number of benzene rings is 1. The van der Waals surface area contributed by atoms with Crippen LogP contribution in [0.5, 0.6) is 0 Å². The fourth-order valence-electron chi connectivity index (χ4n) is 1.61. The number of carbonyl (C=O) groups excluding carboxylic acids is 1. The van der Waals surface area contributed by atoms with E-state index in [0.717, 1.165) is 22.6 Å². The molecule has 104 valence electrons. The van der Waals surface area contributed by atoms with Crippen molar-refractivity contribution < 1.29 is 4.79 Å². The van der Waals surface area contributed by atoms with Crippen LogP contribution in [-0.4, -0.2) is 30.2 Å². The minimum absolute atomic E-state index is 0.0368. The van der Waals surface area contributed by atoms with Gasteiger partial charge in [0.2, 0.25) is 5.91 Å². The van der Waals surface area contributed by atoms with Gasteiger partial charge in [-0.25, -0.2) is 0 Å². The van der Waals surface area contributed by atoms with E-state index in [1.54, 1.807) is 11.8 Å². The van der Waals surface area contributed by atoms with E-state index in [1.807, 2.05) is 31.4 Å². The van der Waals surface area contributed by atoms with E-state index in [1.165, 1.54) is 0 Å². The van der Waals surface area contributed by atoms with Crippen molar-refractivity contribution in [3.8, 4) is 0 Å². The van der Waals surface area contributed by atoms with E-state index < -0.39 is 0 Å². The van der Waals surface area contributed by atoms with E-state index >= 15 is 0 Å². The van der Waals surface area contributed by atoms with Crippen LogP contribution in [0.2, 0.25) is 0 Å². The molecule has 4 nitrogen and oxygen atoms in total. The Hall–Kier alpha value is -1.27. The van der Waals surface area contributed by atoms with Gasteiger partial charge in [0.25, 0.3) is 0 Å². The zero-order valence-electron chi connectivity index (χ0n) is 11.2. The number of carbonyl (C=O) groups is 1. The van der Waals surface area contributed by atoms with Crippen LogP contribution in [0, 0.1) is 0 Å². The lowest BCUT2D eigenvalue weighted by molar-refractivity contribution is -0.119. The molecule has 1 amide bonds. The molecule has 0 aliphatic rings. The highest BCUT2D eigenvalue weighted by atomic mass is 32.2. The summed E-state index contributed by atoms with van der Waals surface area (Å²) >= 11 is 6.66. The van der Waals surface area contributed by atoms with Crippen molar-refractivity contribution in [3.63, 3.8) is 0 Å². The molecule has 0 bridgehead atoms. The molecule has 0 atom stereocenters. The number of thiocarbonyl (C=S) groups is 1. The maximum absolute atomic E-state index is 11.6. The highest BCUT2D eigenvalue weighted by Gasteiger charge is 2.11. The van der Waals surface area contributed by atoms with Gasteiger partial charge in [0, 0.05) is 22.7 Å². The lowest BCUT2D eigenvalue weighted by Crippen LogP contribution is -2.30. The Balaban J connectivity index is 2.78. The highest BCUT2D eigenvalue weighted by molar-refractivity contribution is 7.98. The summed E-state index contributed by atoms with van der Waals surface area (Å²) in [6, 6.07) is 5.75. The van der Waals surface area contributed by atoms with Gasteiger partial charge in [-0.3, -0.25) is 4.79 Å². The molecular weight excluding hydrogens is 278 g/mol. The third-order valence-corrected chi connectivity index (χ3v) is 3.49. The Morgan fingerprint density at radius 1 is 1.47 bits per heavy atom. The van der Waals surface area contributed by atoms with Gasteiger partial charge in [0.15, 0.2) is 0 Å². The number of thioether (sulfide) groups is 1. The lowest BCUT2D eigenvalue weighted by Gasteiger charge is -2.14. The summed E-state index contributed by atoms with van der Waals surface area (Å²) in [6.07, 6.45) is 2.89. The minimum Gasteiger partial charge on any atom is -0.389 e. The first-order valence-corrected chi connectivity index (χ1v) is 7.70. The normalized spacial score (nSPS) is 10.0. The molecule has 0 spiro atoms. The SMILES string of the molecule is CCCNC(=O)CNc1cccc(SC)c1C(N)=S. The molecule has 0 heterocycles. The molecule has 6 heteroatoms. The molecule has 0 saturated carbocycles. The Labute approximate surface area is 123 Å².